The molecule has 7 nitrogen and oxygen atoms in total. The number of nitrogens with one attached hydrogen (secondary N) is 1. The molecule has 30 heavy (non-hydrogen) atoms. The van der Waals surface area contributed by atoms with E-state index in [9.17, 15) is 13.2 Å². The van der Waals surface area contributed by atoms with E-state index in [1.54, 1.807) is 13.3 Å². The van der Waals surface area contributed by atoms with E-state index in [1.165, 1.54) is 11.8 Å². The maximum Gasteiger partial charge on any atom is 0.403 e. The highest BCUT2D eigenvalue weighted by Crippen LogP contribution is 2.25. The molecule has 1 unspecified atom stereocenters. The zero-order chi connectivity index (χ0) is 21.3. The molecule has 1 saturated heterocycles. The van der Waals surface area contributed by atoms with Crippen LogP contribution in [0.5, 0.6) is 5.88 Å². The van der Waals surface area contributed by atoms with Crippen LogP contribution in [0.3, 0.4) is 0 Å². The van der Waals surface area contributed by atoms with E-state index in [4.69, 9.17) is 9.47 Å². The summed E-state index contributed by atoms with van der Waals surface area (Å²) in [5.74, 6) is 1.19. The smallest absolute Gasteiger partial charge is 0.403 e. The lowest BCUT2D eigenvalue weighted by Gasteiger charge is -2.39. The summed E-state index contributed by atoms with van der Waals surface area (Å²) in [5, 5.41) is 3.22. The van der Waals surface area contributed by atoms with Crippen LogP contribution in [-0.4, -0.2) is 86.0 Å². The summed E-state index contributed by atoms with van der Waals surface area (Å²) in [6.07, 6.45) is -2.55. The lowest BCUT2D eigenvalue weighted by Crippen LogP contribution is -2.56. The molecule has 1 aliphatic heterocycles. The number of aliphatic imine (C=N–C) groups is 1. The standard InChI is InChI=1S/C19H30F3N5O2.HI/c1-4-23-18(27-10-8-26(9-11-27)15(2)19(20,21)22)25-14-16-6-5-7-24-17(16)29-13-12-28-3;/h5-7,15H,4,8-14H2,1-3H3,(H,23,25);1H. The second-order valence-electron chi connectivity index (χ2n) is 6.72. The first-order valence-electron chi connectivity index (χ1n) is 9.76. The van der Waals surface area contributed by atoms with Crippen molar-refractivity contribution >= 4 is 29.9 Å². The Labute approximate surface area is 193 Å². The zero-order valence-electron chi connectivity index (χ0n) is 17.6. The molecule has 0 aliphatic carbocycles. The number of guanidine groups is 1. The fraction of sp³-hybridized carbons (Fsp3) is 0.684. The van der Waals surface area contributed by atoms with Gasteiger partial charge in [-0.3, -0.25) is 4.90 Å². The van der Waals surface area contributed by atoms with E-state index in [0.717, 1.165) is 5.56 Å². The van der Waals surface area contributed by atoms with Gasteiger partial charge in [0.25, 0.3) is 0 Å². The fourth-order valence-electron chi connectivity index (χ4n) is 3.01. The van der Waals surface area contributed by atoms with Crippen LogP contribution in [0.15, 0.2) is 23.3 Å². The highest BCUT2D eigenvalue weighted by Gasteiger charge is 2.41. The van der Waals surface area contributed by atoms with Crippen LogP contribution < -0.4 is 10.1 Å². The maximum absolute atomic E-state index is 13.0. The van der Waals surface area contributed by atoms with Crippen LogP contribution in [-0.2, 0) is 11.3 Å². The van der Waals surface area contributed by atoms with Crippen LogP contribution in [0.1, 0.15) is 19.4 Å². The van der Waals surface area contributed by atoms with Crippen molar-refractivity contribution in [3.05, 3.63) is 23.9 Å². The van der Waals surface area contributed by atoms with Crippen molar-refractivity contribution < 1.29 is 22.6 Å². The third kappa shape index (κ3) is 8.06. The number of alkyl halides is 3. The summed E-state index contributed by atoms with van der Waals surface area (Å²) in [6, 6.07) is 2.27. The Balaban J connectivity index is 0.00000450. The van der Waals surface area contributed by atoms with Crippen LogP contribution >= 0.6 is 24.0 Å². The minimum atomic E-state index is -4.21. The quantitative estimate of drug-likeness (QED) is 0.235. The van der Waals surface area contributed by atoms with E-state index < -0.39 is 12.2 Å². The minimum Gasteiger partial charge on any atom is -0.475 e. The number of hydrogen-bond acceptors (Lipinski definition) is 5. The molecule has 0 amide bonds. The summed E-state index contributed by atoms with van der Waals surface area (Å²) >= 11 is 0. The molecule has 0 radical (unpaired) electrons. The zero-order valence-corrected chi connectivity index (χ0v) is 19.9. The SMILES string of the molecule is CCNC(=NCc1cccnc1OCCOC)N1CCN(C(C)C(F)(F)F)CC1.I. The van der Waals surface area contributed by atoms with Crippen molar-refractivity contribution in [3.8, 4) is 5.88 Å². The van der Waals surface area contributed by atoms with Crippen molar-refractivity contribution in [2.24, 2.45) is 4.99 Å². The van der Waals surface area contributed by atoms with Crippen molar-refractivity contribution in [1.29, 1.82) is 0 Å². The molecule has 1 aliphatic rings. The summed E-state index contributed by atoms with van der Waals surface area (Å²) in [6.45, 7) is 6.69. The number of pyridine rings is 1. The predicted molar refractivity (Wildman–Crippen MR) is 121 cm³/mol. The van der Waals surface area contributed by atoms with Gasteiger partial charge in [0.2, 0.25) is 5.88 Å². The van der Waals surface area contributed by atoms with Crippen LogP contribution in [0.2, 0.25) is 0 Å². The lowest BCUT2D eigenvalue weighted by atomic mass is 10.2. The Bertz CT molecular complexity index is 655. The average molecular weight is 545 g/mol. The number of ether oxygens (including phenoxy) is 2. The van der Waals surface area contributed by atoms with Crippen molar-refractivity contribution in [1.82, 2.24) is 20.1 Å². The predicted octanol–water partition coefficient (Wildman–Crippen LogP) is 2.76. The first kappa shape index (κ1) is 26.7. The monoisotopic (exact) mass is 545 g/mol. The number of nitrogens with zero attached hydrogens (tertiary/aromatic N) is 4. The van der Waals surface area contributed by atoms with Gasteiger partial charge in [0.05, 0.1) is 13.2 Å². The number of methoxy groups -OCH3 is 1. The maximum atomic E-state index is 13.0. The van der Waals surface area contributed by atoms with Crippen molar-refractivity contribution in [2.75, 3.05) is 53.0 Å². The summed E-state index contributed by atoms with van der Waals surface area (Å²) in [7, 11) is 1.60. The molecule has 2 heterocycles. The molecule has 0 bridgehead atoms. The summed E-state index contributed by atoms with van der Waals surface area (Å²) < 4.78 is 49.5. The molecule has 11 heteroatoms. The number of piperazine rings is 1. The van der Waals surface area contributed by atoms with E-state index >= 15 is 0 Å². The fourth-order valence-corrected chi connectivity index (χ4v) is 3.01. The second kappa shape index (κ2) is 13.2. The Morgan fingerprint density at radius 2 is 1.97 bits per heavy atom. The summed E-state index contributed by atoms with van der Waals surface area (Å²) in [5.41, 5.74) is 0.836. The number of hydrogen-bond donors (Lipinski definition) is 1. The summed E-state index contributed by atoms with van der Waals surface area (Å²) in [4.78, 5) is 12.4. The Kier molecular flexibility index (Phi) is 11.7. The van der Waals surface area contributed by atoms with E-state index in [2.05, 4.69) is 15.3 Å². The number of halogens is 4. The van der Waals surface area contributed by atoms with Crippen molar-refractivity contribution in [2.45, 2.75) is 32.6 Å². The molecular weight excluding hydrogens is 514 g/mol. The van der Waals surface area contributed by atoms with Gasteiger partial charge in [-0.25, -0.2) is 9.98 Å². The molecule has 1 atom stereocenters. The Morgan fingerprint density at radius 3 is 2.57 bits per heavy atom. The van der Waals surface area contributed by atoms with Gasteiger partial charge in [-0.05, 0) is 19.9 Å². The van der Waals surface area contributed by atoms with Crippen LogP contribution in [0, 0.1) is 0 Å². The molecule has 172 valence electrons. The van der Waals surface area contributed by atoms with Gasteiger partial charge in [0.1, 0.15) is 12.6 Å². The molecule has 0 spiro atoms. The molecule has 2 rings (SSSR count). The van der Waals surface area contributed by atoms with Crippen molar-refractivity contribution in [3.63, 3.8) is 0 Å². The number of rotatable bonds is 8. The number of aromatic nitrogens is 1. The molecular formula is C19H31F3IN5O2. The largest absolute Gasteiger partial charge is 0.475 e. The lowest BCUT2D eigenvalue weighted by molar-refractivity contribution is -0.181. The average Bonchev–Trinajstić information content (AvgIpc) is 2.71. The van der Waals surface area contributed by atoms with Gasteiger partial charge < -0.3 is 19.7 Å². The Morgan fingerprint density at radius 1 is 1.27 bits per heavy atom. The second-order valence-corrected chi connectivity index (χ2v) is 6.72. The first-order chi connectivity index (χ1) is 13.9. The third-order valence-electron chi connectivity index (χ3n) is 4.75. The Hall–Kier alpha value is -1.34. The molecule has 1 aromatic rings. The minimum absolute atomic E-state index is 0. The van der Waals surface area contributed by atoms with Gasteiger partial charge in [-0.15, -0.1) is 24.0 Å². The first-order valence-corrected chi connectivity index (χ1v) is 9.76. The van der Waals surface area contributed by atoms with Gasteiger partial charge in [-0.1, -0.05) is 6.07 Å². The molecule has 1 aromatic heterocycles. The highest BCUT2D eigenvalue weighted by molar-refractivity contribution is 14.0. The van der Waals surface area contributed by atoms with E-state index in [0.29, 0.717) is 64.3 Å². The molecule has 1 N–H and O–H groups in total. The van der Waals surface area contributed by atoms with E-state index in [-0.39, 0.29) is 24.0 Å². The van der Waals surface area contributed by atoms with E-state index in [1.807, 2.05) is 24.0 Å². The van der Waals surface area contributed by atoms with Gasteiger partial charge >= 0.3 is 6.18 Å². The third-order valence-corrected chi connectivity index (χ3v) is 4.75. The molecule has 0 saturated carbocycles. The molecule has 0 aromatic carbocycles. The van der Waals surface area contributed by atoms with Gasteiger partial charge in [0.15, 0.2) is 5.96 Å². The van der Waals surface area contributed by atoms with Gasteiger partial charge in [0, 0.05) is 51.6 Å². The van der Waals surface area contributed by atoms with Crippen LogP contribution in [0.25, 0.3) is 0 Å². The molecule has 1 fully saturated rings. The van der Waals surface area contributed by atoms with Crippen LogP contribution in [0.4, 0.5) is 13.2 Å². The normalized spacial score (nSPS) is 16.7. The van der Waals surface area contributed by atoms with Gasteiger partial charge in [-0.2, -0.15) is 13.2 Å². The topological polar surface area (TPSA) is 62.2 Å². The highest BCUT2D eigenvalue weighted by atomic mass is 127.